The number of likely N-dealkylation sites (tertiary alicyclic amines) is 1. The molecule has 0 spiro atoms. The average Bonchev–Trinajstić information content (AvgIpc) is 2.44. The van der Waals surface area contributed by atoms with Crippen LogP contribution in [-0.2, 0) is 9.59 Å². The molecule has 1 aliphatic heterocycles. The summed E-state index contributed by atoms with van der Waals surface area (Å²) in [5, 5.41) is 0. The predicted octanol–water partition coefficient (Wildman–Crippen LogP) is 3.06. The molecule has 21 heavy (non-hydrogen) atoms. The van der Waals surface area contributed by atoms with Crippen LogP contribution in [0.15, 0.2) is 28.7 Å². The van der Waals surface area contributed by atoms with Gasteiger partial charge >= 0.3 is 0 Å². The molecule has 1 saturated heterocycles. The van der Waals surface area contributed by atoms with E-state index in [1.54, 1.807) is 0 Å². The van der Waals surface area contributed by atoms with Crippen molar-refractivity contribution in [3.05, 3.63) is 28.7 Å². The molecule has 1 aliphatic rings. The number of carbonyl (C=O) groups is 2. The zero-order valence-corrected chi connectivity index (χ0v) is 14.1. The van der Waals surface area contributed by atoms with Crippen LogP contribution in [-0.4, -0.2) is 36.3 Å². The van der Waals surface area contributed by atoms with E-state index in [-0.39, 0.29) is 18.4 Å². The molecular formula is C16H21BrN2O2. The lowest BCUT2D eigenvalue weighted by Gasteiger charge is -2.32. The van der Waals surface area contributed by atoms with E-state index < -0.39 is 0 Å². The number of hydrogen-bond acceptors (Lipinski definition) is 2. The lowest BCUT2D eigenvalue weighted by molar-refractivity contribution is -0.132. The number of piperidine rings is 1. The Kier molecular flexibility index (Phi) is 5.39. The molecule has 0 bridgehead atoms. The highest BCUT2D eigenvalue weighted by molar-refractivity contribution is 9.10. The first kappa shape index (κ1) is 16.0. The first-order valence-corrected chi connectivity index (χ1v) is 8.08. The highest BCUT2D eigenvalue weighted by Crippen LogP contribution is 2.21. The van der Waals surface area contributed by atoms with Gasteiger partial charge in [0.25, 0.3) is 0 Å². The zero-order valence-electron chi connectivity index (χ0n) is 12.5. The van der Waals surface area contributed by atoms with E-state index >= 15 is 0 Å². The molecule has 114 valence electrons. The fourth-order valence-electron chi connectivity index (χ4n) is 2.68. The molecule has 0 aromatic heterocycles. The van der Waals surface area contributed by atoms with Gasteiger partial charge in [0.2, 0.25) is 11.8 Å². The number of hydrogen-bond donors (Lipinski definition) is 0. The Balaban J connectivity index is 2.09. The molecule has 2 amide bonds. The number of nitrogens with zero attached hydrogens (tertiary/aromatic N) is 2. The molecule has 0 radical (unpaired) electrons. The van der Waals surface area contributed by atoms with Crippen molar-refractivity contribution < 1.29 is 9.59 Å². The largest absolute Gasteiger partial charge is 0.341 e. The van der Waals surface area contributed by atoms with Crippen LogP contribution in [0, 0.1) is 5.92 Å². The van der Waals surface area contributed by atoms with Crippen molar-refractivity contribution in [3.63, 3.8) is 0 Å². The lowest BCUT2D eigenvalue weighted by atomic mass is 10.0. The minimum absolute atomic E-state index is 0.0247. The number of halogens is 1. The van der Waals surface area contributed by atoms with Gasteiger partial charge in [0.15, 0.2) is 0 Å². The highest BCUT2D eigenvalue weighted by atomic mass is 79.9. The Hall–Kier alpha value is -1.36. The summed E-state index contributed by atoms with van der Waals surface area (Å²) in [6.45, 7) is 5.36. The lowest BCUT2D eigenvalue weighted by Crippen LogP contribution is -2.46. The highest BCUT2D eigenvalue weighted by Gasteiger charge is 2.24. The van der Waals surface area contributed by atoms with E-state index in [4.69, 9.17) is 0 Å². The van der Waals surface area contributed by atoms with Crippen molar-refractivity contribution in [3.8, 4) is 0 Å². The molecule has 0 N–H and O–H groups in total. The molecule has 1 aromatic rings. The van der Waals surface area contributed by atoms with Gasteiger partial charge in [-0.05, 0) is 37.0 Å². The van der Waals surface area contributed by atoms with Crippen LogP contribution in [0.4, 0.5) is 5.69 Å². The van der Waals surface area contributed by atoms with Gasteiger partial charge in [0.05, 0.1) is 0 Å². The topological polar surface area (TPSA) is 40.6 Å². The zero-order chi connectivity index (χ0) is 15.4. The Labute approximate surface area is 134 Å². The number of rotatable bonds is 3. The monoisotopic (exact) mass is 352 g/mol. The van der Waals surface area contributed by atoms with Crippen molar-refractivity contribution in [2.75, 3.05) is 24.5 Å². The SMILES string of the molecule is CC(=O)N(CC(=O)N1CCCC(C)C1)c1cccc(Br)c1. The van der Waals surface area contributed by atoms with E-state index in [2.05, 4.69) is 22.9 Å². The van der Waals surface area contributed by atoms with E-state index in [0.717, 1.165) is 29.7 Å². The Morgan fingerprint density at radius 2 is 2.19 bits per heavy atom. The summed E-state index contributed by atoms with van der Waals surface area (Å²) in [7, 11) is 0. The molecular weight excluding hydrogens is 332 g/mol. The van der Waals surface area contributed by atoms with Gasteiger partial charge in [-0.1, -0.05) is 28.9 Å². The molecule has 0 aliphatic carbocycles. The van der Waals surface area contributed by atoms with Crippen molar-refractivity contribution in [2.24, 2.45) is 5.92 Å². The summed E-state index contributed by atoms with van der Waals surface area (Å²) in [6, 6.07) is 7.46. The van der Waals surface area contributed by atoms with Crippen molar-refractivity contribution in [2.45, 2.75) is 26.7 Å². The first-order valence-electron chi connectivity index (χ1n) is 7.29. The molecule has 5 heteroatoms. The van der Waals surface area contributed by atoms with E-state index in [9.17, 15) is 9.59 Å². The minimum Gasteiger partial charge on any atom is -0.341 e. The second-order valence-electron chi connectivity index (χ2n) is 5.67. The molecule has 1 aromatic carbocycles. The summed E-state index contributed by atoms with van der Waals surface area (Å²) in [5.74, 6) is 0.447. The standard InChI is InChI=1S/C16H21BrN2O2/c1-12-5-4-8-18(10-12)16(21)11-19(13(2)20)15-7-3-6-14(17)9-15/h3,6-7,9,12H,4-5,8,10-11H2,1-2H3. The average molecular weight is 353 g/mol. The van der Waals surface area contributed by atoms with Crippen LogP contribution in [0.5, 0.6) is 0 Å². The molecule has 1 unspecified atom stereocenters. The summed E-state index contributed by atoms with van der Waals surface area (Å²) in [6.07, 6.45) is 2.22. The molecule has 1 heterocycles. The third-order valence-electron chi connectivity index (χ3n) is 3.80. The van der Waals surface area contributed by atoms with E-state index in [0.29, 0.717) is 5.92 Å². The van der Waals surface area contributed by atoms with Gasteiger partial charge in [0, 0.05) is 30.2 Å². The third kappa shape index (κ3) is 4.30. The minimum atomic E-state index is -0.119. The van der Waals surface area contributed by atoms with Crippen molar-refractivity contribution >= 4 is 33.4 Å². The quantitative estimate of drug-likeness (QED) is 0.838. The maximum absolute atomic E-state index is 12.4. The summed E-state index contributed by atoms with van der Waals surface area (Å²) >= 11 is 3.40. The van der Waals surface area contributed by atoms with Crippen LogP contribution in [0.2, 0.25) is 0 Å². The summed E-state index contributed by atoms with van der Waals surface area (Å²) in [5.41, 5.74) is 0.746. The molecule has 0 saturated carbocycles. The first-order chi connectivity index (χ1) is 9.97. The smallest absolute Gasteiger partial charge is 0.242 e. The van der Waals surface area contributed by atoms with E-state index in [1.165, 1.54) is 18.2 Å². The second-order valence-corrected chi connectivity index (χ2v) is 6.59. The molecule has 1 fully saturated rings. The van der Waals surface area contributed by atoms with Crippen molar-refractivity contribution in [1.82, 2.24) is 4.90 Å². The summed E-state index contributed by atoms with van der Waals surface area (Å²) in [4.78, 5) is 27.7. The Bertz CT molecular complexity index is 533. The number of benzene rings is 1. The van der Waals surface area contributed by atoms with Gasteiger partial charge in [-0.3, -0.25) is 9.59 Å². The van der Waals surface area contributed by atoms with Gasteiger partial charge < -0.3 is 9.80 Å². The van der Waals surface area contributed by atoms with Gasteiger partial charge in [-0.15, -0.1) is 0 Å². The number of amides is 2. The van der Waals surface area contributed by atoms with Gasteiger partial charge in [0.1, 0.15) is 6.54 Å². The molecule has 4 nitrogen and oxygen atoms in total. The Morgan fingerprint density at radius 3 is 2.81 bits per heavy atom. The normalized spacial score (nSPS) is 18.4. The van der Waals surface area contributed by atoms with Crippen LogP contribution in [0.25, 0.3) is 0 Å². The predicted molar refractivity (Wildman–Crippen MR) is 87.1 cm³/mol. The van der Waals surface area contributed by atoms with E-state index in [1.807, 2.05) is 29.2 Å². The Morgan fingerprint density at radius 1 is 1.43 bits per heavy atom. The van der Waals surface area contributed by atoms with Crippen molar-refractivity contribution in [1.29, 1.82) is 0 Å². The maximum Gasteiger partial charge on any atom is 0.242 e. The van der Waals surface area contributed by atoms with Crippen LogP contribution >= 0.6 is 15.9 Å². The van der Waals surface area contributed by atoms with Crippen LogP contribution in [0.3, 0.4) is 0 Å². The molecule has 1 atom stereocenters. The van der Waals surface area contributed by atoms with Crippen LogP contribution in [0.1, 0.15) is 26.7 Å². The fraction of sp³-hybridized carbons (Fsp3) is 0.500. The molecule has 2 rings (SSSR count). The number of carbonyl (C=O) groups excluding carboxylic acids is 2. The third-order valence-corrected chi connectivity index (χ3v) is 4.30. The fourth-order valence-corrected chi connectivity index (χ4v) is 3.07. The second kappa shape index (κ2) is 7.07. The van der Waals surface area contributed by atoms with Gasteiger partial charge in [-0.2, -0.15) is 0 Å². The maximum atomic E-state index is 12.4. The number of anilines is 1. The summed E-state index contributed by atoms with van der Waals surface area (Å²) < 4.78 is 0.894. The van der Waals surface area contributed by atoms with Crippen LogP contribution < -0.4 is 4.90 Å². The van der Waals surface area contributed by atoms with Gasteiger partial charge in [-0.25, -0.2) is 0 Å².